The van der Waals surface area contributed by atoms with Crippen molar-refractivity contribution >= 4 is 40.5 Å². The highest BCUT2D eigenvalue weighted by molar-refractivity contribution is 6.34. The average molecular weight is 404 g/mol. The topological polar surface area (TPSA) is 120 Å². The minimum Gasteiger partial charge on any atom is -0.381 e. The Morgan fingerprint density at radius 2 is 1.96 bits per heavy atom. The number of fused-ring (bicyclic) bond motifs is 1. The van der Waals surface area contributed by atoms with Gasteiger partial charge in [-0.15, -0.1) is 0 Å². The molecule has 1 aromatic heterocycles. The second kappa shape index (κ2) is 6.13. The first kappa shape index (κ1) is 18.1. The van der Waals surface area contributed by atoms with Crippen LogP contribution >= 0.6 is 11.6 Å². The summed E-state index contributed by atoms with van der Waals surface area (Å²) in [6, 6.07) is 3.75. The van der Waals surface area contributed by atoms with Crippen LogP contribution in [-0.4, -0.2) is 38.3 Å². The van der Waals surface area contributed by atoms with Crippen molar-refractivity contribution < 1.29 is 19.3 Å². The lowest BCUT2D eigenvalue weighted by Crippen LogP contribution is -2.33. The number of carbonyl (C=O) groups excluding carboxylic acids is 2. The van der Waals surface area contributed by atoms with Gasteiger partial charge in [-0.05, 0) is 26.0 Å². The first-order valence-corrected chi connectivity index (χ1v) is 8.66. The molecule has 3 heterocycles. The Bertz CT molecular complexity index is 1090. The largest absolute Gasteiger partial charge is 0.381 e. The van der Waals surface area contributed by atoms with Gasteiger partial charge < -0.3 is 4.84 Å². The minimum atomic E-state index is -1.11. The van der Waals surface area contributed by atoms with Crippen molar-refractivity contribution in [1.29, 1.82) is 0 Å². The van der Waals surface area contributed by atoms with Crippen LogP contribution in [0.5, 0.6) is 0 Å². The molecule has 0 bridgehead atoms. The molecule has 10 nitrogen and oxygen atoms in total. The molecule has 0 aliphatic carbocycles. The molecule has 1 aromatic carbocycles. The second-order valence-corrected chi connectivity index (χ2v) is 6.96. The number of nitro benzene ring substituents is 1. The molecule has 0 N–H and O–H groups in total. The van der Waals surface area contributed by atoms with Crippen LogP contribution in [-0.2, 0) is 21.5 Å². The van der Waals surface area contributed by atoms with E-state index in [0.717, 1.165) is 16.7 Å². The maximum atomic E-state index is 13.1. The number of nitro groups is 1. The lowest BCUT2D eigenvalue weighted by atomic mass is 9.93. The Morgan fingerprint density at radius 1 is 1.25 bits per heavy atom. The van der Waals surface area contributed by atoms with Gasteiger partial charge in [-0.1, -0.05) is 16.8 Å². The maximum absolute atomic E-state index is 13.1. The fourth-order valence-electron chi connectivity index (χ4n) is 3.56. The molecular weight excluding hydrogens is 390 g/mol. The number of nitrogens with zero attached hydrogens (tertiary/aromatic N) is 5. The number of carbonyl (C=O) groups is 2. The van der Waals surface area contributed by atoms with E-state index in [1.807, 2.05) is 6.92 Å². The van der Waals surface area contributed by atoms with Crippen LogP contribution in [0.3, 0.4) is 0 Å². The Labute approximate surface area is 163 Å². The summed E-state index contributed by atoms with van der Waals surface area (Å²) in [7, 11) is 1.76. The minimum absolute atomic E-state index is 0.0584. The lowest BCUT2D eigenvalue weighted by Gasteiger charge is -2.15. The maximum Gasteiger partial charge on any atom is 0.289 e. The van der Waals surface area contributed by atoms with Crippen LogP contribution in [0.1, 0.15) is 17.0 Å². The summed E-state index contributed by atoms with van der Waals surface area (Å²) in [5, 5.41) is 19.3. The number of imide groups is 1. The monoisotopic (exact) mass is 403 g/mol. The molecule has 0 saturated carbocycles. The van der Waals surface area contributed by atoms with Gasteiger partial charge in [0.25, 0.3) is 11.6 Å². The molecule has 144 valence electrons. The van der Waals surface area contributed by atoms with Gasteiger partial charge in [0.05, 0.1) is 16.3 Å². The molecule has 0 spiro atoms. The zero-order valence-electron chi connectivity index (χ0n) is 15.0. The molecule has 2 aliphatic rings. The number of aryl methyl sites for hydroxylation is 2. The van der Waals surface area contributed by atoms with E-state index >= 15 is 0 Å². The second-order valence-electron chi connectivity index (χ2n) is 6.55. The smallest absolute Gasteiger partial charge is 0.289 e. The number of amides is 2. The third-order valence-electron chi connectivity index (χ3n) is 4.96. The first-order chi connectivity index (χ1) is 13.2. The SMILES string of the molecule is Cc1nn(C)c(C)c1C1=NO[C@H]2C(=O)N(c3ccc(Cl)c([N+](=O)[O-])c3)C(=O)[C@H]12. The normalized spacial score (nSPS) is 21.0. The van der Waals surface area contributed by atoms with Crippen LogP contribution in [0.15, 0.2) is 23.4 Å². The van der Waals surface area contributed by atoms with E-state index in [-0.39, 0.29) is 10.7 Å². The molecule has 2 aromatic rings. The van der Waals surface area contributed by atoms with E-state index in [4.69, 9.17) is 16.4 Å². The third-order valence-corrected chi connectivity index (χ3v) is 5.28. The number of halogens is 1. The summed E-state index contributed by atoms with van der Waals surface area (Å²) in [5.41, 5.74) is 2.08. The Morgan fingerprint density at radius 3 is 2.57 bits per heavy atom. The lowest BCUT2D eigenvalue weighted by molar-refractivity contribution is -0.384. The number of aromatic nitrogens is 2. The molecular formula is C17H14ClN5O5. The fourth-order valence-corrected chi connectivity index (χ4v) is 3.75. The van der Waals surface area contributed by atoms with E-state index < -0.39 is 34.4 Å². The van der Waals surface area contributed by atoms with E-state index in [0.29, 0.717) is 17.0 Å². The number of benzene rings is 1. The van der Waals surface area contributed by atoms with Crippen molar-refractivity contribution in [2.75, 3.05) is 4.90 Å². The van der Waals surface area contributed by atoms with Crippen molar-refractivity contribution in [2.45, 2.75) is 20.0 Å². The van der Waals surface area contributed by atoms with Crippen LogP contribution in [0, 0.1) is 29.9 Å². The first-order valence-electron chi connectivity index (χ1n) is 8.28. The predicted octanol–water partition coefficient (Wildman–Crippen LogP) is 1.89. The number of hydrogen-bond donors (Lipinski definition) is 0. The van der Waals surface area contributed by atoms with Crippen LogP contribution < -0.4 is 4.90 Å². The van der Waals surface area contributed by atoms with E-state index in [9.17, 15) is 19.7 Å². The standard InChI is InChI=1S/C17H14ClN5O5/c1-7-12(8(2)21(3)19-7)14-13-15(28-20-14)17(25)22(16(13)24)9-4-5-10(18)11(6-9)23(26)27/h4-6,13,15H,1-3H3/t13-,15-/m1/s1. The third kappa shape index (κ3) is 2.41. The van der Waals surface area contributed by atoms with Crippen LogP contribution in [0.4, 0.5) is 11.4 Å². The molecule has 1 saturated heterocycles. The van der Waals surface area contributed by atoms with Gasteiger partial charge in [-0.2, -0.15) is 5.10 Å². The Hall–Kier alpha value is -3.27. The highest BCUT2D eigenvalue weighted by atomic mass is 35.5. The average Bonchev–Trinajstić information content (AvgIpc) is 3.24. The molecule has 4 rings (SSSR count). The quantitative estimate of drug-likeness (QED) is 0.438. The Kier molecular flexibility index (Phi) is 3.96. The van der Waals surface area contributed by atoms with Gasteiger partial charge in [-0.25, -0.2) is 4.90 Å². The number of rotatable bonds is 3. The number of anilines is 1. The van der Waals surface area contributed by atoms with Crippen LogP contribution in [0.25, 0.3) is 0 Å². The molecule has 28 heavy (non-hydrogen) atoms. The molecule has 2 aliphatic heterocycles. The summed E-state index contributed by atoms with van der Waals surface area (Å²) < 4.78 is 1.65. The zero-order valence-corrected chi connectivity index (χ0v) is 15.8. The van der Waals surface area contributed by atoms with Crippen molar-refractivity contribution in [3.8, 4) is 0 Å². The zero-order chi connectivity index (χ0) is 20.3. The van der Waals surface area contributed by atoms with E-state index in [2.05, 4.69) is 10.3 Å². The summed E-state index contributed by atoms with van der Waals surface area (Å²) in [6.07, 6.45) is -1.11. The summed E-state index contributed by atoms with van der Waals surface area (Å²) in [4.78, 5) is 42.5. The van der Waals surface area contributed by atoms with Gasteiger partial charge in [0.2, 0.25) is 12.0 Å². The van der Waals surface area contributed by atoms with Crippen LogP contribution in [0.2, 0.25) is 5.02 Å². The molecule has 0 radical (unpaired) electrons. The summed E-state index contributed by atoms with van der Waals surface area (Å²) in [5.74, 6) is -2.14. The molecule has 2 atom stereocenters. The fraction of sp³-hybridized carbons (Fsp3) is 0.294. The van der Waals surface area contributed by atoms with Gasteiger partial charge in [0.15, 0.2) is 0 Å². The van der Waals surface area contributed by atoms with Gasteiger partial charge in [-0.3, -0.25) is 24.4 Å². The predicted molar refractivity (Wildman–Crippen MR) is 98.2 cm³/mol. The number of oxime groups is 1. The van der Waals surface area contributed by atoms with Gasteiger partial charge >= 0.3 is 0 Å². The molecule has 1 fully saturated rings. The van der Waals surface area contributed by atoms with Crippen molar-refractivity contribution in [1.82, 2.24) is 9.78 Å². The highest BCUT2D eigenvalue weighted by Gasteiger charge is 2.57. The summed E-state index contributed by atoms with van der Waals surface area (Å²) in [6.45, 7) is 3.60. The molecule has 11 heteroatoms. The van der Waals surface area contributed by atoms with Crippen molar-refractivity contribution in [2.24, 2.45) is 18.1 Å². The van der Waals surface area contributed by atoms with E-state index in [1.54, 1.807) is 18.7 Å². The number of hydrogen-bond acceptors (Lipinski definition) is 7. The van der Waals surface area contributed by atoms with Gasteiger partial charge in [0, 0.05) is 24.4 Å². The van der Waals surface area contributed by atoms with Gasteiger partial charge in [0.1, 0.15) is 16.7 Å². The Balaban J connectivity index is 1.76. The van der Waals surface area contributed by atoms with Crippen molar-refractivity contribution in [3.63, 3.8) is 0 Å². The molecule has 2 amide bonds. The van der Waals surface area contributed by atoms with E-state index in [1.165, 1.54) is 12.1 Å². The highest BCUT2D eigenvalue weighted by Crippen LogP contribution is 2.38. The van der Waals surface area contributed by atoms with Crippen molar-refractivity contribution in [3.05, 3.63) is 50.3 Å². The summed E-state index contributed by atoms with van der Waals surface area (Å²) >= 11 is 5.82. The molecule has 0 unspecified atom stereocenters.